The van der Waals surface area contributed by atoms with E-state index in [0.29, 0.717) is 24.7 Å². The monoisotopic (exact) mass is 296 g/mol. The van der Waals surface area contributed by atoms with Crippen LogP contribution < -0.4 is 5.32 Å². The Balaban J connectivity index is 1.26. The van der Waals surface area contributed by atoms with E-state index in [1.54, 1.807) is 0 Å². The Morgan fingerprint density at radius 3 is 2.86 bits per heavy atom. The lowest BCUT2D eigenvalue weighted by atomic mass is 10.2. The van der Waals surface area contributed by atoms with Crippen LogP contribution in [0.1, 0.15) is 25.1 Å². The van der Waals surface area contributed by atoms with Gasteiger partial charge in [0.2, 0.25) is 5.91 Å². The van der Waals surface area contributed by atoms with E-state index in [1.165, 1.54) is 12.8 Å². The number of amides is 1. The molecule has 1 heterocycles. The van der Waals surface area contributed by atoms with Crippen LogP contribution in [0.5, 0.6) is 0 Å². The van der Waals surface area contributed by atoms with Crippen LogP contribution in [0.15, 0.2) is 30.3 Å². The number of aromatic amines is 1. The first-order chi connectivity index (χ1) is 10.8. The lowest BCUT2D eigenvalue weighted by Gasteiger charge is -2.02. The summed E-state index contributed by atoms with van der Waals surface area (Å²) in [6.45, 7) is 0.621. The summed E-state index contributed by atoms with van der Waals surface area (Å²) in [5, 5.41) is 10.2. The molecule has 2 N–H and O–H groups in total. The maximum atomic E-state index is 12.0. The lowest BCUT2D eigenvalue weighted by molar-refractivity contribution is -0.122. The van der Waals surface area contributed by atoms with E-state index >= 15 is 0 Å². The minimum absolute atomic E-state index is 0.222. The molecular weight excluding hydrogens is 276 g/mol. The van der Waals surface area contributed by atoms with Crippen molar-refractivity contribution in [2.75, 3.05) is 6.54 Å². The average molecular weight is 296 g/mol. The predicted molar refractivity (Wildman–Crippen MR) is 82.9 cm³/mol. The Kier molecular flexibility index (Phi) is 3.41. The van der Waals surface area contributed by atoms with Gasteiger partial charge in [0.15, 0.2) is 5.82 Å². The molecule has 0 radical (unpaired) electrons. The molecule has 2 atom stereocenters. The second-order valence-corrected chi connectivity index (χ2v) is 6.36. The Hall–Kier alpha value is -2.17. The molecule has 0 bridgehead atoms. The molecule has 114 valence electrons. The molecule has 1 amide bonds. The number of benzene rings is 1. The van der Waals surface area contributed by atoms with Gasteiger partial charge in [-0.05, 0) is 31.1 Å². The van der Waals surface area contributed by atoms with E-state index < -0.39 is 0 Å². The zero-order valence-electron chi connectivity index (χ0n) is 12.5. The van der Waals surface area contributed by atoms with Crippen molar-refractivity contribution in [3.63, 3.8) is 0 Å². The summed E-state index contributed by atoms with van der Waals surface area (Å²) in [7, 11) is 0. The van der Waals surface area contributed by atoms with Crippen molar-refractivity contribution in [1.29, 1.82) is 0 Å². The third kappa shape index (κ3) is 2.89. The molecule has 2 aliphatic rings. The van der Waals surface area contributed by atoms with Crippen LogP contribution >= 0.6 is 0 Å². The zero-order valence-corrected chi connectivity index (χ0v) is 12.5. The Bertz CT molecular complexity index is 662. The second kappa shape index (κ2) is 5.55. The van der Waals surface area contributed by atoms with Gasteiger partial charge in [0.25, 0.3) is 0 Å². The van der Waals surface area contributed by atoms with Gasteiger partial charge in [0.05, 0.1) is 0 Å². The molecule has 0 aliphatic heterocycles. The molecule has 22 heavy (non-hydrogen) atoms. The molecule has 2 aromatic rings. The molecule has 0 unspecified atom stereocenters. The molecule has 0 saturated heterocycles. The standard InChI is InChI=1S/C17H20N4O/c22-17(14-10-13(14)11-6-7-11)18-9-8-15-19-16(21-20-15)12-4-2-1-3-5-12/h1-5,11,13-14H,6-10H2,(H,18,22)(H,19,20,21)/t13-,14-/m1/s1. The van der Waals surface area contributed by atoms with Crippen LogP contribution in [-0.4, -0.2) is 27.6 Å². The Morgan fingerprint density at radius 1 is 1.27 bits per heavy atom. The summed E-state index contributed by atoms with van der Waals surface area (Å²) < 4.78 is 0. The van der Waals surface area contributed by atoms with Gasteiger partial charge in [-0.1, -0.05) is 30.3 Å². The summed E-state index contributed by atoms with van der Waals surface area (Å²) in [5.74, 6) is 3.54. The van der Waals surface area contributed by atoms with Crippen LogP contribution in [0.3, 0.4) is 0 Å². The predicted octanol–water partition coefficient (Wildman–Crippen LogP) is 2.18. The van der Waals surface area contributed by atoms with Crippen molar-refractivity contribution in [3.8, 4) is 11.4 Å². The Morgan fingerprint density at radius 2 is 2.09 bits per heavy atom. The zero-order chi connectivity index (χ0) is 14.9. The van der Waals surface area contributed by atoms with E-state index in [2.05, 4.69) is 20.5 Å². The third-order valence-electron chi connectivity index (χ3n) is 4.63. The molecule has 1 aromatic carbocycles. The van der Waals surface area contributed by atoms with E-state index in [0.717, 1.165) is 23.7 Å². The normalized spacial score (nSPS) is 23.3. The summed E-state index contributed by atoms with van der Waals surface area (Å²) in [6, 6.07) is 9.88. The highest BCUT2D eigenvalue weighted by atomic mass is 16.2. The van der Waals surface area contributed by atoms with Gasteiger partial charge >= 0.3 is 0 Å². The van der Waals surface area contributed by atoms with Gasteiger partial charge in [-0.3, -0.25) is 9.89 Å². The third-order valence-corrected chi connectivity index (χ3v) is 4.63. The average Bonchev–Trinajstić information content (AvgIpc) is 3.44. The lowest BCUT2D eigenvalue weighted by Crippen LogP contribution is -2.28. The van der Waals surface area contributed by atoms with Crippen LogP contribution in [0.25, 0.3) is 11.4 Å². The number of rotatable bonds is 6. The van der Waals surface area contributed by atoms with Crippen molar-refractivity contribution >= 4 is 5.91 Å². The van der Waals surface area contributed by atoms with Crippen molar-refractivity contribution < 1.29 is 4.79 Å². The first-order valence-corrected chi connectivity index (χ1v) is 8.05. The van der Waals surface area contributed by atoms with Gasteiger partial charge < -0.3 is 5.32 Å². The molecule has 1 aromatic heterocycles. The number of aromatic nitrogens is 3. The highest BCUT2D eigenvalue weighted by Crippen LogP contribution is 2.54. The molecule has 2 saturated carbocycles. The number of hydrogen-bond acceptors (Lipinski definition) is 3. The number of nitrogens with zero attached hydrogens (tertiary/aromatic N) is 2. The van der Waals surface area contributed by atoms with Crippen molar-refractivity contribution in [2.45, 2.75) is 25.7 Å². The molecular formula is C17H20N4O. The van der Waals surface area contributed by atoms with Gasteiger partial charge in [-0.2, -0.15) is 5.10 Å². The fraction of sp³-hybridized carbons (Fsp3) is 0.471. The summed E-state index contributed by atoms with van der Waals surface area (Å²) in [4.78, 5) is 16.5. The van der Waals surface area contributed by atoms with Crippen LogP contribution in [0.4, 0.5) is 0 Å². The van der Waals surface area contributed by atoms with Crippen molar-refractivity contribution in [1.82, 2.24) is 20.5 Å². The Labute approximate surface area is 129 Å². The minimum Gasteiger partial charge on any atom is -0.355 e. The summed E-state index contributed by atoms with van der Waals surface area (Å²) in [5.41, 5.74) is 0.999. The first kappa shape index (κ1) is 13.5. The van der Waals surface area contributed by atoms with E-state index in [9.17, 15) is 4.79 Å². The number of nitrogens with one attached hydrogen (secondary N) is 2. The van der Waals surface area contributed by atoms with E-state index in [-0.39, 0.29) is 11.8 Å². The highest BCUT2D eigenvalue weighted by Gasteiger charge is 2.50. The molecule has 5 nitrogen and oxygen atoms in total. The minimum atomic E-state index is 0.222. The molecule has 4 rings (SSSR count). The second-order valence-electron chi connectivity index (χ2n) is 6.36. The van der Waals surface area contributed by atoms with Crippen molar-refractivity contribution in [2.24, 2.45) is 17.8 Å². The molecule has 0 spiro atoms. The van der Waals surface area contributed by atoms with Crippen LogP contribution in [0, 0.1) is 17.8 Å². The topological polar surface area (TPSA) is 70.7 Å². The van der Waals surface area contributed by atoms with Crippen LogP contribution in [-0.2, 0) is 11.2 Å². The van der Waals surface area contributed by atoms with Gasteiger partial charge in [-0.15, -0.1) is 0 Å². The maximum Gasteiger partial charge on any atom is 0.223 e. The van der Waals surface area contributed by atoms with Gasteiger partial charge in [0, 0.05) is 24.4 Å². The largest absolute Gasteiger partial charge is 0.355 e. The highest BCUT2D eigenvalue weighted by molar-refractivity contribution is 5.81. The quantitative estimate of drug-likeness (QED) is 0.858. The fourth-order valence-electron chi connectivity index (χ4n) is 3.12. The summed E-state index contributed by atoms with van der Waals surface area (Å²) >= 11 is 0. The van der Waals surface area contributed by atoms with Gasteiger partial charge in [-0.25, -0.2) is 4.98 Å². The van der Waals surface area contributed by atoms with E-state index in [1.807, 2.05) is 30.3 Å². The van der Waals surface area contributed by atoms with Crippen molar-refractivity contribution in [3.05, 3.63) is 36.2 Å². The number of carbonyl (C=O) groups excluding carboxylic acids is 1. The molecule has 5 heteroatoms. The summed E-state index contributed by atoms with van der Waals surface area (Å²) in [6.07, 6.45) is 4.44. The first-order valence-electron chi connectivity index (χ1n) is 8.05. The number of hydrogen-bond donors (Lipinski definition) is 2. The molecule has 2 fully saturated rings. The van der Waals surface area contributed by atoms with E-state index in [4.69, 9.17) is 0 Å². The maximum absolute atomic E-state index is 12.0. The molecule has 2 aliphatic carbocycles. The van der Waals surface area contributed by atoms with Crippen LogP contribution in [0.2, 0.25) is 0 Å². The fourth-order valence-corrected chi connectivity index (χ4v) is 3.12. The smallest absolute Gasteiger partial charge is 0.223 e. The number of carbonyl (C=O) groups is 1. The number of H-pyrrole nitrogens is 1. The SMILES string of the molecule is O=C(NCCc1nc(-c2ccccc2)n[nH]1)[C@@H]1C[C@@H]1C1CC1. The van der Waals surface area contributed by atoms with Gasteiger partial charge in [0.1, 0.15) is 5.82 Å².